The Morgan fingerprint density at radius 3 is 3.25 bits per heavy atom. The molecule has 3 fully saturated rings. The van der Waals surface area contributed by atoms with Crippen LogP contribution in [0.3, 0.4) is 0 Å². The lowest BCUT2D eigenvalue weighted by Crippen LogP contribution is -2.29. The van der Waals surface area contributed by atoms with E-state index >= 15 is 0 Å². The lowest BCUT2D eigenvalue weighted by molar-refractivity contribution is -0.146. The fourth-order valence-electron chi connectivity index (χ4n) is 2.75. The largest absolute Gasteiger partial charge is 0.460 e. The Kier molecular flexibility index (Phi) is 1.14. The summed E-state index contributed by atoms with van der Waals surface area (Å²) in [6.45, 7) is 1.62. The maximum Gasteiger partial charge on any atom is 0.313 e. The van der Waals surface area contributed by atoms with Gasteiger partial charge in [-0.3, -0.25) is 9.69 Å². The highest BCUT2D eigenvalue weighted by Gasteiger charge is 2.58. The number of nitrogens with zero attached hydrogens (tertiary/aromatic N) is 1. The minimum absolute atomic E-state index is 0.0691. The van der Waals surface area contributed by atoms with E-state index in [-0.39, 0.29) is 24.0 Å². The molecule has 3 aliphatic rings. The van der Waals surface area contributed by atoms with E-state index in [4.69, 9.17) is 4.74 Å². The number of esters is 1. The first-order valence-corrected chi connectivity index (χ1v) is 4.40. The van der Waals surface area contributed by atoms with Gasteiger partial charge in [0.2, 0.25) is 0 Å². The smallest absolute Gasteiger partial charge is 0.313 e. The number of rotatable bonds is 0. The quantitative estimate of drug-likeness (QED) is 0.471. The van der Waals surface area contributed by atoms with Crippen molar-refractivity contribution in [2.45, 2.75) is 24.7 Å². The van der Waals surface area contributed by atoms with Crippen molar-refractivity contribution in [1.29, 1.82) is 0 Å². The summed E-state index contributed by atoms with van der Waals surface area (Å²) in [6, 6.07) is 0.188. The molecule has 0 aromatic heterocycles. The molecule has 66 valence electrons. The van der Waals surface area contributed by atoms with Gasteiger partial charge in [-0.15, -0.1) is 0 Å². The summed E-state index contributed by atoms with van der Waals surface area (Å²) < 4.78 is 5.15. The van der Waals surface area contributed by atoms with Gasteiger partial charge in [0, 0.05) is 13.1 Å². The number of carbonyl (C=O) groups excluding carboxylic acids is 1. The minimum Gasteiger partial charge on any atom is -0.460 e. The Morgan fingerprint density at radius 2 is 2.42 bits per heavy atom. The first-order chi connectivity index (χ1) is 5.77. The van der Waals surface area contributed by atoms with Crippen molar-refractivity contribution in [1.82, 2.24) is 4.90 Å². The van der Waals surface area contributed by atoms with E-state index in [1.165, 1.54) is 0 Å². The number of hydrogen-bond acceptors (Lipinski definition) is 4. The molecule has 12 heavy (non-hydrogen) atoms. The fraction of sp³-hybridized carbons (Fsp3) is 0.875. The van der Waals surface area contributed by atoms with Crippen molar-refractivity contribution in [3.05, 3.63) is 0 Å². The van der Waals surface area contributed by atoms with Crippen LogP contribution in [0.4, 0.5) is 0 Å². The zero-order valence-corrected chi connectivity index (χ0v) is 6.64. The zero-order chi connectivity index (χ0) is 8.29. The van der Waals surface area contributed by atoms with E-state index in [0.29, 0.717) is 6.54 Å². The Hall–Kier alpha value is -0.610. The van der Waals surface area contributed by atoms with Gasteiger partial charge >= 0.3 is 5.97 Å². The molecule has 4 atom stereocenters. The molecule has 0 saturated carbocycles. The molecule has 3 rings (SSSR count). The van der Waals surface area contributed by atoms with Crippen molar-refractivity contribution >= 4 is 5.97 Å². The summed E-state index contributed by atoms with van der Waals surface area (Å²) in [5.74, 6) is -0.447. The average molecular weight is 169 g/mol. The van der Waals surface area contributed by atoms with Crippen LogP contribution in [0.25, 0.3) is 0 Å². The Balaban J connectivity index is 1.99. The van der Waals surface area contributed by atoms with Crippen molar-refractivity contribution < 1.29 is 14.6 Å². The van der Waals surface area contributed by atoms with Gasteiger partial charge in [0.25, 0.3) is 0 Å². The lowest BCUT2D eigenvalue weighted by Gasteiger charge is -2.12. The third-order valence-electron chi connectivity index (χ3n) is 3.25. The molecule has 0 bridgehead atoms. The van der Waals surface area contributed by atoms with Crippen LogP contribution in [0, 0.1) is 5.92 Å². The molecule has 0 aromatic rings. The van der Waals surface area contributed by atoms with Crippen LogP contribution in [-0.2, 0) is 9.53 Å². The van der Waals surface area contributed by atoms with E-state index in [0.717, 1.165) is 13.0 Å². The summed E-state index contributed by atoms with van der Waals surface area (Å²) in [7, 11) is 0. The average Bonchev–Trinajstić information content (AvgIpc) is 2.57. The normalized spacial score (nSPS) is 51.2. The van der Waals surface area contributed by atoms with Gasteiger partial charge in [-0.1, -0.05) is 0 Å². The van der Waals surface area contributed by atoms with Gasteiger partial charge in [0.15, 0.2) is 0 Å². The second kappa shape index (κ2) is 2.00. The topological polar surface area (TPSA) is 49.8 Å². The Bertz CT molecular complexity index is 242. The molecule has 0 radical (unpaired) electrons. The maximum absolute atomic E-state index is 11.2. The first-order valence-electron chi connectivity index (χ1n) is 4.40. The fourth-order valence-corrected chi connectivity index (χ4v) is 2.75. The van der Waals surface area contributed by atoms with Crippen LogP contribution in [0.5, 0.6) is 0 Å². The molecule has 3 aliphatic heterocycles. The third kappa shape index (κ3) is 0.630. The lowest BCUT2D eigenvalue weighted by atomic mass is 9.98. The predicted octanol–water partition coefficient (Wildman–Crippen LogP) is -1.02. The molecular formula is C8H11NO3. The number of carbonyl (C=O) groups is 1. The number of hydrogen-bond donors (Lipinski definition) is 1. The molecular weight excluding hydrogens is 158 g/mol. The van der Waals surface area contributed by atoms with Crippen LogP contribution in [-0.4, -0.2) is 47.3 Å². The summed E-state index contributed by atoms with van der Waals surface area (Å²) in [6.07, 6.45) is 0.520. The molecule has 0 amide bonds. The SMILES string of the molecule is O=C1OC2CCN3CC(O)C1C23. The molecule has 4 unspecified atom stereocenters. The second-order valence-electron chi connectivity index (χ2n) is 3.84. The van der Waals surface area contributed by atoms with E-state index in [9.17, 15) is 9.90 Å². The number of aliphatic hydroxyl groups excluding tert-OH is 1. The molecule has 0 spiro atoms. The van der Waals surface area contributed by atoms with E-state index < -0.39 is 6.10 Å². The van der Waals surface area contributed by atoms with Gasteiger partial charge in [-0.25, -0.2) is 0 Å². The maximum atomic E-state index is 11.2. The Morgan fingerprint density at radius 1 is 1.58 bits per heavy atom. The van der Waals surface area contributed by atoms with E-state index in [1.807, 2.05) is 0 Å². The van der Waals surface area contributed by atoms with Crippen molar-refractivity contribution in [2.24, 2.45) is 5.92 Å². The molecule has 0 aliphatic carbocycles. The van der Waals surface area contributed by atoms with Gasteiger partial charge in [0.1, 0.15) is 12.0 Å². The van der Waals surface area contributed by atoms with Gasteiger partial charge in [-0.05, 0) is 6.42 Å². The highest BCUT2D eigenvalue weighted by Crippen LogP contribution is 2.40. The first kappa shape index (κ1) is 6.86. The highest BCUT2D eigenvalue weighted by atomic mass is 16.6. The number of aliphatic hydroxyl groups is 1. The minimum atomic E-state index is -0.493. The van der Waals surface area contributed by atoms with E-state index in [1.54, 1.807) is 0 Å². The van der Waals surface area contributed by atoms with Crippen molar-refractivity contribution in [3.63, 3.8) is 0 Å². The number of ether oxygens (including phenoxy) is 1. The third-order valence-corrected chi connectivity index (χ3v) is 3.25. The van der Waals surface area contributed by atoms with Crippen LogP contribution in [0.15, 0.2) is 0 Å². The molecule has 0 aromatic carbocycles. The zero-order valence-electron chi connectivity index (χ0n) is 6.64. The summed E-state index contributed by atoms with van der Waals surface area (Å²) in [5.41, 5.74) is 0. The predicted molar refractivity (Wildman–Crippen MR) is 39.4 cm³/mol. The molecule has 1 N–H and O–H groups in total. The summed E-state index contributed by atoms with van der Waals surface area (Å²) >= 11 is 0. The van der Waals surface area contributed by atoms with Crippen molar-refractivity contribution in [2.75, 3.05) is 13.1 Å². The van der Waals surface area contributed by atoms with Gasteiger partial charge < -0.3 is 9.84 Å². The van der Waals surface area contributed by atoms with Gasteiger partial charge in [0.05, 0.1) is 12.1 Å². The van der Waals surface area contributed by atoms with Crippen LogP contribution in [0.2, 0.25) is 0 Å². The molecule has 3 heterocycles. The monoisotopic (exact) mass is 169 g/mol. The molecule has 4 nitrogen and oxygen atoms in total. The van der Waals surface area contributed by atoms with E-state index in [2.05, 4.69) is 4.90 Å². The highest BCUT2D eigenvalue weighted by molar-refractivity contribution is 5.77. The van der Waals surface area contributed by atoms with Crippen LogP contribution < -0.4 is 0 Å². The summed E-state index contributed by atoms with van der Waals surface area (Å²) in [5, 5.41) is 9.55. The molecule has 3 saturated heterocycles. The summed E-state index contributed by atoms with van der Waals surface area (Å²) in [4.78, 5) is 13.4. The second-order valence-corrected chi connectivity index (χ2v) is 3.84. The van der Waals surface area contributed by atoms with Crippen LogP contribution in [0.1, 0.15) is 6.42 Å². The van der Waals surface area contributed by atoms with Crippen molar-refractivity contribution in [3.8, 4) is 0 Å². The Labute approximate surface area is 70.1 Å². The van der Waals surface area contributed by atoms with Crippen LogP contribution >= 0.6 is 0 Å². The molecule has 4 heteroatoms. The standard InChI is InChI=1S/C8H11NO3/c10-4-3-9-2-1-5-7(9)6(4)8(11)12-5/h4-7,10H,1-3H2. The van der Waals surface area contributed by atoms with Gasteiger partial charge in [-0.2, -0.15) is 0 Å².